The van der Waals surface area contributed by atoms with Crippen molar-refractivity contribution in [3.05, 3.63) is 59.9 Å². The Bertz CT molecular complexity index is 809. The third kappa shape index (κ3) is 4.19. The Balaban J connectivity index is 1.63. The van der Waals surface area contributed by atoms with Crippen LogP contribution in [-0.2, 0) is 22.3 Å². The molecular weight excluding hydrogens is 347 g/mol. The first-order chi connectivity index (χ1) is 12.3. The van der Waals surface area contributed by atoms with Crippen molar-refractivity contribution >= 4 is 17.5 Å². The average Bonchev–Trinajstić information content (AvgIpc) is 2.96. The van der Waals surface area contributed by atoms with E-state index < -0.39 is 23.6 Å². The lowest BCUT2D eigenvalue weighted by Crippen LogP contribution is -2.28. The van der Waals surface area contributed by atoms with Crippen LogP contribution >= 0.6 is 0 Å². The van der Waals surface area contributed by atoms with Crippen molar-refractivity contribution in [3.63, 3.8) is 0 Å². The number of pyridine rings is 1. The van der Waals surface area contributed by atoms with Crippen LogP contribution in [0.4, 0.5) is 18.9 Å². The monoisotopic (exact) mass is 363 g/mol. The number of hydrogen-bond donors (Lipinski definition) is 1. The number of nitrogens with one attached hydrogen (secondary N) is 1. The number of carbonyl (C=O) groups excluding carboxylic acids is 2. The normalized spacial score (nSPS) is 17.4. The van der Waals surface area contributed by atoms with E-state index in [0.717, 1.165) is 17.7 Å². The first-order valence-electron chi connectivity index (χ1n) is 7.98. The summed E-state index contributed by atoms with van der Waals surface area (Å²) in [5, 5.41) is 2.47. The molecule has 2 aromatic rings. The smallest absolute Gasteiger partial charge is 0.338 e. The van der Waals surface area contributed by atoms with Crippen LogP contribution in [0, 0.1) is 5.92 Å². The lowest BCUT2D eigenvalue weighted by Gasteiger charge is -2.16. The van der Waals surface area contributed by atoms with Crippen molar-refractivity contribution in [2.45, 2.75) is 19.1 Å². The molecule has 0 aliphatic carbocycles. The Morgan fingerprint density at radius 2 is 1.96 bits per heavy atom. The standard InChI is InChI=1S/C18H16F3N3O2/c19-18(20,21)14-2-1-3-15(9-14)23-17(26)13-8-16(25)24(11-13)10-12-4-6-22-7-5-12/h1-7,9,13H,8,10-11H2,(H,23,26). The van der Waals surface area contributed by atoms with Crippen molar-refractivity contribution in [3.8, 4) is 0 Å². The van der Waals surface area contributed by atoms with Gasteiger partial charge in [0.1, 0.15) is 0 Å². The lowest BCUT2D eigenvalue weighted by atomic mass is 10.1. The molecule has 136 valence electrons. The van der Waals surface area contributed by atoms with Crippen LogP contribution < -0.4 is 5.32 Å². The van der Waals surface area contributed by atoms with E-state index in [2.05, 4.69) is 10.3 Å². The number of halogens is 3. The highest BCUT2D eigenvalue weighted by atomic mass is 19.4. The summed E-state index contributed by atoms with van der Waals surface area (Å²) in [5.74, 6) is -1.22. The fourth-order valence-corrected chi connectivity index (χ4v) is 2.83. The van der Waals surface area contributed by atoms with E-state index in [0.29, 0.717) is 6.54 Å². The minimum atomic E-state index is -4.48. The zero-order valence-electron chi connectivity index (χ0n) is 13.7. The first-order valence-corrected chi connectivity index (χ1v) is 7.98. The molecule has 0 radical (unpaired) electrons. The van der Waals surface area contributed by atoms with E-state index in [4.69, 9.17) is 0 Å². The fourth-order valence-electron chi connectivity index (χ4n) is 2.83. The van der Waals surface area contributed by atoms with Gasteiger partial charge in [-0.2, -0.15) is 13.2 Å². The van der Waals surface area contributed by atoms with Crippen molar-refractivity contribution in [1.82, 2.24) is 9.88 Å². The maximum Gasteiger partial charge on any atom is 0.416 e. The highest BCUT2D eigenvalue weighted by Gasteiger charge is 2.35. The van der Waals surface area contributed by atoms with Crippen LogP contribution in [0.25, 0.3) is 0 Å². The fraction of sp³-hybridized carbons (Fsp3) is 0.278. The molecule has 1 aromatic heterocycles. The topological polar surface area (TPSA) is 62.3 Å². The van der Waals surface area contributed by atoms with Gasteiger partial charge in [0.25, 0.3) is 0 Å². The van der Waals surface area contributed by atoms with Crippen molar-refractivity contribution in [2.75, 3.05) is 11.9 Å². The summed E-state index contributed by atoms with van der Waals surface area (Å²) in [5.41, 5.74) is 0.120. The predicted octanol–water partition coefficient (Wildman–Crippen LogP) is 3.09. The molecule has 1 unspecified atom stereocenters. The number of anilines is 1. The van der Waals surface area contributed by atoms with Gasteiger partial charge in [-0.3, -0.25) is 14.6 Å². The zero-order valence-corrected chi connectivity index (χ0v) is 13.7. The number of alkyl halides is 3. The largest absolute Gasteiger partial charge is 0.416 e. The van der Waals surface area contributed by atoms with Gasteiger partial charge < -0.3 is 10.2 Å². The van der Waals surface area contributed by atoms with Gasteiger partial charge in [-0.25, -0.2) is 0 Å². The Kier molecular flexibility index (Phi) is 4.92. The van der Waals surface area contributed by atoms with Crippen LogP contribution in [0.5, 0.6) is 0 Å². The highest BCUT2D eigenvalue weighted by molar-refractivity contribution is 5.97. The van der Waals surface area contributed by atoms with Gasteiger partial charge in [0.2, 0.25) is 11.8 Å². The van der Waals surface area contributed by atoms with Crippen molar-refractivity contribution < 1.29 is 22.8 Å². The number of amides is 2. The Morgan fingerprint density at radius 1 is 1.23 bits per heavy atom. The number of rotatable bonds is 4. The van der Waals surface area contributed by atoms with Crippen LogP contribution in [0.3, 0.4) is 0 Å². The minimum absolute atomic E-state index is 0.0376. The molecule has 2 heterocycles. The first kappa shape index (κ1) is 17.9. The van der Waals surface area contributed by atoms with Gasteiger partial charge in [0, 0.05) is 37.6 Å². The SMILES string of the molecule is O=C(Nc1cccc(C(F)(F)F)c1)C1CC(=O)N(Cc2ccncc2)C1. The van der Waals surface area contributed by atoms with Crippen LogP contribution in [0.2, 0.25) is 0 Å². The maximum absolute atomic E-state index is 12.7. The van der Waals surface area contributed by atoms with Gasteiger partial charge in [-0.05, 0) is 35.9 Å². The second kappa shape index (κ2) is 7.15. The van der Waals surface area contributed by atoms with Crippen LogP contribution in [0.1, 0.15) is 17.5 Å². The molecule has 1 N–H and O–H groups in total. The maximum atomic E-state index is 12.7. The molecule has 3 rings (SSSR count). The summed E-state index contributed by atoms with van der Waals surface area (Å²) in [6.07, 6.45) is -1.21. The molecule has 0 saturated carbocycles. The highest BCUT2D eigenvalue weighted by Crippen LogP contribution is 2.31. The molecule has 8 heteroatoms. The number of likely N-dealkylation sites (tertiary alicyclic amines) is 1. The Labute approximate surface area is 147 Å². The van der Waals surface area contributed by atoms with Gasteiger partial charge in [0.15, 0.2) is 0 Å². The molecular formula is C18H16F3N3O2. The predicted molar refractivity (Wildman–Crippen MR) is 87.8 cm³/mol. The quantitative estimate of drug-likeness (QED) is 0.908. The van der Waals surface area contributed by atoms with Gasteiger partial charge in [-0.15, -0.1) is 0 Å². The van der Waals surface area contributed by atoms with E-state index in [9.17, 15) is 22.8 Å². The molecule has 1 aliphatic heterocycles. The molecule has 1 aromatic carbocycles. The minimum Gasteiger partial charge on any atom is -0.338 e. The van der Waals surface area contributed by atoms with E-state index in [1.165, 1.54) is 12.1 Å². The van der Waals surface area contributed by atoms with Gasteiger partial charge in [0.05, 0.1) is 11.5 Å². The van der Waals surface area contributed by atoms with E-state index >= 15 is 0 Å². The van der Waals surface area contributed by atoms with Crippen molar-refractivity contribution in [2.24, 2.45) is 5.92 Å². The van der Waals surface area contributed by atoms with Crippen molar-refractivity contribution in [1.29, 1.82) is 0 Å². The number of carbonyl (C=O) groups is 2. The summed E-state index contributed by atoms with van der Waals surface area (Å²) in [4.78, 5) is 29.9. The molecule has 0 bridgehead atoms. The summed E-state index contributed by atoms with van der Waals surface area (Å²) in [7, 11) is 0. The molecule has 1 fully saturated rings. The summed E-state index contributed by atoms with van der Waals surface area (Å²) in [6.45, 7) is 0.598. The number of nitrogens with zero attached hydrogens (tertiary/aromatic N) is 2. The summed E-state index contributed by atoms with van der Waals surface area (Å²) in [6, 6.07) is 7.99. The Hall–Kier alpha value is -2.90. The molecule has 1 aliphatic rings. The van der Waals surface area contributed by atoms with Crippen LogP contribution in [-0.4, -0.2) is 28.2 Å². The molecule has 0 spiro atoms. The lowest BCUT2D eigenvalue weighted by molar-refractivity contribution is -0.137. The molecule has 26 heavy (non-hydrogen) atoms. The summed E-state index contributed by atoms with van der Waals surface area (Å²) >= 11 is 0. The molecule has 5 nitrogen and oxygen atoms in total. The number of aromatic nitrogens is 1. The Morgan fingerprint density at radius 3 is 2.65 bits per heavy atom. The second-order valence-electron chi connectivity index (χ2n) is 6.10. The summed E-state index contributed by atoms with van der Waals surface area (Å²) < 4.78 is 38.2. The van der Waals surface area contributed by atoms with E-state index in [1.54, 1.807) is 29.4 Å². The average molecular weight is 363 g/mol. The van der Waals surface area contributed by atoms with Crippen LogP contribution in [0.15, 0.2) is 48.8 Å². The molecule has 2 amide bonds. The van der Waals surface area contributed by atoms with Gasteiger partial charge in [-0.1, -0.05) is 6.07 Å². The molecule has 1 saturated heterocycles. The molecule has 1 atom stereocenters. The third-order valence-corrected chi connectivity index (χ3v) is 4.17. The van der Waals surface area contributed by atoms with Gasteiger partial charge >= 0.3 is 6.18 Å². The zero-order chi connectivity index (χ0) is 18.7. The third-order valence-electron chi connectivity index (χ3n) is 4.17. The second-order valence-corrected chi connectivity index (χ2v) is 6.10. The van der Waals surface area contributed by atoms with E-state index in [-0.39, 0.29) is 24.6 Å². The number of hydrogen-bond acceptors (Lipinski definition) is 3. The number of benzene rings is 1. The van der Waals surface area contributed by atoms with E-state index in [1.807, 2.05) is 0 Å².